The molecule has 3 aliphatic rings. The van der Waals surface area contributed by atoms with Crippen LogP contribution < -0.4 is 16.4 Å². The molecule has 4 heteroatoms. The molecule has 0 amide bonds. The second kappa shape index (κ2) is 3.45. The molecule has 2 heterocycles. The van der Waals surface area contributed by atoms with Gasteiger partial charge in [-0.05, 0) is 12.3 Å². The summed E-state index contributed by atoms with van der Waals surface area (Å²) in [5, 5.41) is 6.91. The number of nitrogens with zero attached hydrogens (tertiary/aromatic N) is 1. The topological polar surface area (TPSA) is 53.3 Å². The number of nitrogens with two attached hydrogens (primary N) is 1. The molecule has 2 aliphatic heterocycles. The first-order valence-corrected chi connectivity index (χ1v) is 5.80. The van der Waals surface area contributed by atoms with Gasteiger partial charge in [-0.1, -0.05) is 0 Å². The van der Waals surface area contributed by atoms with Gasteiger partial charge in [0.2, 0.25) is 0 Å². The van der Waals surface area contributed by atoms with Crippen LogP contribution in [0.4, 0.5) is 0 Å². The fourth-order valence-corrected chi connectivity index (χ4v) is 3.07. The van der Waals surface area contributed by atoms with Gasteiger partial charge in [0, 0.05) is 50.8 Å². The van der Waals surface area contributed by atoms with Gasteiger partial charge in [-0.25, -0.2) is 0 Å². The Morgan fingerprint density at radius 2 is 2.00 bits per heavy atom. The molecule has 2 saturated heterocycles. The van der Waals surface area contributed by atoms with Crippen molar-refractivity contribution in [1.82, 2.24) is 15.5 Å². The third kappa shape index (κ3) is 1.46. The fourth-order valence-electron chi connectivity index (χ4n) is 3.07. The van der Waals surface area contributed by atoms with Crippen LogP contribution >= 0.6 is 0 Å². The summed E-state index contributed by atoms with van der Waals surface area (Å²) in [6.45, 7) is 5.64. The number of rotatable bonds is 1. The van der Waals surface area contributed by atoms with Gasteiger partial charge in [0.25, 0.3) is 0 Å². The molecule has 14 heavy (non-hydrogen) atoms. The smallest absolute Gasteiger partial charge is 0.0327 e. The molecule has 80 valence electrons. The lowest BCUT2D eigenvalue weighted by Gasteiger charge is -2.40. The molecule has 3 rings (SSSR count). The van der Waals surface area contributed by atoms with E-state index in [0.717, 1.165) is 31.6 Å². The molecule has 4 atom stereocenters. The van der Waals surface area contributed by atoms with Crippen LogP contribution in [0.1, 0.15) is 6.42 Å². The van der Waals surface area contributed by atoms with E-state index < -0.39 is 0 Å². The fraction of sp³-hybridized carbons (Fsp3) is 1.00. The van der Waals surface area contributed by atoms with E-state index in [2.05, 4.69) is 15.5 Å². The van der Waals surface area contributed by atoms with Crippen molar-refractivity contribution in [3.63, 3.8) is 0 Å². The Balaban J connectivity index is 1.68. The lowest BCUT2D eigenvalue weighted by Crippen LogP contribution is -2.61. The zero-order valence-electron chi connectivity index (χ0n) is 8.58. The Morgan fingerprint density at radius 3 is 2.79 bits per heavy atom. The van der Waals surface area contributed by atoms with Gasteiger partial charge in [-0.3, -0.25) is 4.90 Å². The summed E-state index contributed by atoms with van der Waals surface area (Å²) in [5.41, 5.74) is 6.20. The maximum atomic E-state index is 6.20. The van der Waals surface area contributed by atoms with Gasteiger partial charge >= 0.3 is 0 Å². The number of piperidine rings is 1. The quantitative estimate of drug-likeness (QED) is 0.482. The highest BCUT2D eigenvalue weighted by atomic mass is 15.3. The molecule has 0 spiro atoms. The van der Waals surface area contributed by atoms with Gasteiger partial charge in [-0.2, -0.15) is 0 Å². The zero-order valence-corrected chi connectivity index (χ0v) is 8.58. The molecular weight excluding hydrogens is 176 g/mol. The van der Waals surface area contributed by atoms with E-state index in [1.54, 1.807) is 0 Å². The Hall–Kier alpha value is -0.160. The third-order valence-electron chi connectivity index (χ3n) is 3.91. The molecule has 0 aromatic carbocycles. The molecular formula is C10H20N4. The molecule has 4 unspecified atom stereocenters. The van der Waals surface area contributed by atoms with Crippen molar-refractivity contribution in [3.8, 4) is 0 Å². The highest BCUT2D eigenvalue weighted by molar-refractivity contribution is 5.09. The average Bonchev–Trinajstić information content (AvgIpc) is 2.98. The monoisotopic (exact) mass is 196 g/mol. The minimum absolute atomic E-state index is 0.344. The van der Waals surface area contributed by atoms with E-state index in [4.69, 9.17) is 5.73 Å². The minimum atomic E-state index is 0.344. The van der Waals surface area contributed by atoms with Crippen molar-refractivity contribution >= 4 is 0 Å². The molecule has 0 aromatic rings. The highest BCUT2D eigenvalue weighted by Gasteiger charge is 2.50. The molecule has 1 saturated carbocycles. The van der Waals surface area contributed by atoms with E-state index in [-0.39, 0.29) is 0 Å². The summed E-state index contributed by atoms with van der Waals surface area (Å²) in [7, 11) is 0. The first-order valence-electron chi connectivity index (χ1n) is 5.80. The van der Waals surface area contributed by atoms with Crippen LogP contribution in [0.15, 0.2) is 0 Å². The van der Waals surface area contributed by atoms with Crippen molar-refractivity contribution in [2.24, 2.45) is 11.7 Å². The Labute approximate surface area is 85.2 Å². The van der Waals surface area contributed by atoms with Gasteiger partial charge in [0.15, 0.2) is 0 Å². The lowest BCUT2D eigenvalue weighted by atomic mass is 9.98. The Bertz CT molecular complexity index is 212. The first-order chi connectivity index (χ1) is 6.86. The van der Waals surface area contributed by atoms with Crippen molar-refractivity contribution in [1.29, 1.82) is 0 Å². The maximum absolute atomic E-state index is 6.20. The Kier molecular flexibility index (Phi) is 2.24. The van der Waals surface area contributed by atoms with Crippen LogP contribution in [0, 0.1) is 5.92 Å². The van der Waals surface area contributed by atoms with Gasteiger partial charge in [0.1, 0.15) is 0 Å². The van der Waals surface area contributed by atoms with Crippen molar-refractivity contribution in [2.45, 2.75) is 24.5 Å². The predicted molar refractivity (Wildman–Crippen MR) is 56.1 cm³/mol. The number of piperazine rings is 1. The SMILES string of the molecule is NC1CNC2CC2C1N1CCNCC1. The van der Waals surface area contributed by atoms with E-state index in [1.165, 1.54) is 19.5 Å². The number of hydrogen-bond donors (Lipinski definition) is 3. The second-order valence-corrected chi connectivity index (χ2v) is 4.85. The number of hydrogen-bond acceptors (Lipinski definition) is 4. The van der Waals surface area contributed by atoms with Crippen LogP contribution in [0.2, 0.25) is 0 Å². The van der Waals surface area contributed by atoms with Crippen LogP contribution in [0.3, 0.4) is 0 Å². The third-order valence-corrected chi connectivity index (χ3v) is 3.91. The van der Waals surface area contributed by atoms with Crippen LogP contribution in [0.25, 0.3) is 0 Å². The van der Waals surface area contributed by atoms with Gasteiger partial charge < -0.3 is 16.4 Å². The molecule has 1 aliphatic carbocycles. The van der Waals surface area contributed by atoms with Crippen LogP contribution in [0.5, 0.6) is 0 Å². The van der Waals surface area contributed by atoms with E-state index >= 15 is 0 Å². The first kappa shape index (κ1) is 9.09. The van der Waals surface area contributed by atoms with Crippen molar-refractivity contribution in [3.05, 3.63) is 0 Å². The van der Waals surface area contributed by atoms with Crippen molar-refractivity contribution < 1.29 is 0 Å². The maximum Gasteiger partial charge on any atom is 0.0327 e. The highest BCUT2D eigenvalue weighted by Crippen LogP contribution is 2.39. The van der Waals surface area contributed by atoms with Gasteiger partial charge in [0.05, 0.1) is 0 Å². The minimum Gasteiger partial charge on any atom is -0.325 e. The predicted octanol–water partition coefficient (Wildman–Crippen LogP) is -1.42. The Morgan fingerprint density at radius 1 is 1.21 bits per heavy atom. The van der Waals surface area contributed by atoms with E-state index in [0.29, 0.717) is 12.1 Å². The number of fused-ring (bicyclic) bond motifs is 1. The molecule has 0 radical (unpaired) electrons. The molecule has 0 bridgehead atoms. The van der Waals surface area contributed by atoms with Crippen LogP contribution in [-0.4, -0.2) is 55.7 Å². The van der Waals surface area contributed by atoms with E-state index in [9.17, 15) is 0 Å². The van der Waals surface area contributed by atoms with Crippen molar-refractivity contribution in [2.75, 3.05) is 32.7 Å². The second-order valence-electron chi connectivity index (χ2n) is 4.85. The van der Waals surface area contributed by atoms with Crippen LogP contribution in [-0.2, 0) is 0 Å². The molecule has 4 N–H and O–H groups in total. The average molecular weight is 196 g/mol. The zero-order chi connectivity index (χ0) is 9.54. The largest absolute Gasteiger partial charge is 0.325 e. The lowest BCUT2D eigenvalue weighted by molar-refractivity contribution is 0.118. The molecule has 0 aromatic heterocycles. The standard InChI is InChI=1S/C10H20N4/c11-8-6-13-9-5-7(9)10(8)14-3-1-12-2-4-14/h7-10,12-13H,1-6,11H2. The summed E-state index contributed by atoms with van der Waals surface area (Å²) in [6, 6.07) is 1.79. The summed E-state index contributed by atoms with van der Waals surface area (Å²) in [5.74, 6) is 0.844. The summed E-state index contributed by atoms with van der Waals surface area (Å²) in [4.78, 5) is 2.60. The van der Waals surface area contributed by atoms with Gasteiger partial charge in [-0.15, -0.1) is 0 Å². The molecule has 3 fully saturated rings. The van der Waals surface area contributed by atoms with E-state index in [1.807, 2.05) is 0 Å². The summed E-state index contributed by atoms with van der Waals surface area (Å²) < 4.78 is 0. The summed E-state index contributed by atoms with van der Waals surface area (Å²) >= 11 is 0. The normalized spacial score (nSPS) is 48.6. The number of nitrogens with one attached hydrogen (secondary N) is 2. The molecule has 4 nitrogen and oxygen atoms in total. The summed E-state index contributed by atoms with van der Waals surface area (Å²) in [6.07, 6.45) is 1.35.